The number of ether oxygens (including phenoxy) is 1. The molecule has 1 fully saturated rings. The molecule has 0 aliphatic carbocycles. The fourth-order valence-electron chi connectivity index (χ4n) is 4.62. The van der Waals surface area contributed by atoms with Gasteiger partial charge in [-0.05, 0) is 40.5 Å². The predicted molar refractivity (Wildman–Crippen MR) is 138 cm³/mol. The summed E-state index contributed by atoms with van der Waals surface area (Å²) in [6.07, 6.45) is 0. The molecule has 9 heteroatoms. The second-order valence-electron chi connectivity index (χ2n) is 8.96. The van der Waals surface area contributed by atoms with Gasteiger partial charge in [-0.15, -0.1) is 11.8 Å². The standard InChI is InChI=1S/C28H24N2O6S/c1-16-15-37-26-22(25(32)30(26)23(16)27(33)34)29-24(31)21(19-8-3-2-4-9-19)28(35)36-14-17-11-12-18-7-5-6-10-20(18)13-17/h2-13,21-22,26H,14-15H2,1H3,(H,29,31)(H,33,34)/t21?,22?,26-/m0/s1. The lowest BCUT2D eigenvalue weighted by Gasteiger charge is -2.49. The zero-order chi connectivity index (χ0) is 26.1. The van der Waals surface area contributed by atoms with Crippen molar-refractivity contribution >= 4 is 46.3 Å². The third kappa shape index (κ3) is 4.70. The molecular formula is C28H24N2O6S. The maximum absolute atomic E-state index is 13.4. The topological polar surface area (TPSA) is 113 Å². The molecule has 0 bridgehead atoms. The summed E-state index contributed by atoms with van der Waals surface area (Å²) < 4.78 is 5.56. The largest absolute Gasteiger partial charge is 0.477 e. The highest BCUT2D eigenvalue weighted by Crippen LogP contribution is 2.40. The number of amides is 2. The third-order valence-electron chi connectivity index (χ3n) is 6.48. The van der Waals surface area contributed by atoms with Crippen LogP contribution in [0.2, 0.25) is 0 Å². The third-order valence-corrected chi connectivity index (χ3v) is 7.91. The van der Waals surface area contributed by atoms with E-state index in [1.54, 1.807) is 37.3 Å². The van der Waals surface area contributed by atoms with Gasteiger partial charge < -0.3 is 15.2 Å². The Balaban J connectivity index is 1.32. The van der Waals surface area contributed by atoms with E-state index < -0.39 is 41.1 Å². The lowest BCUT2D eigenvalue weighted by atomic mass is 9.96. The number of carboxylic acid groups (broad SMARTS) is 1. The van der Waals surface area contributed by atoms with Crippen molar-refractivity contribution in [3.8, 4) is 0 Å². The summed E-state index contributed by atoms with van der Waals surface area (Å²) in [6.45, 7) is 1.66. The van der Waals surface area contributed by atoms with Gasteiger partial charge in [0.2, 0.25) is 5.91 Å². The number of fused-ring (bicyclic) bond motifs is 2. The molecular weight excluding hydrogens is 492 g/mol. The fraction of sp³-hybridized carbons (Fsp3) is 0.214. The maximum atomic E-state index is 13.4. The van der Waals surface area contributed by atoms with Gasteiger partial charge in [0.1, 0.15) is 23.7 Å². The van der Waals surface area contributed by atoms with Gasteiger partial charge in [-0.3, -0.25) is 19.3 Å². The zero-order valence-electron chi connectivity index (χ0n) is 19.9. The van der Waals surface area contributed by atoms with Crippen LogP contribution in [0.25, 0.3) is 10.8 Å². The first-order valence-electron chi connectivity index (χ1n) is 11.7. The van der Waals surface area contributed by atoms with Crippen molar-refractivity contribution in [2.75, 3.05) is 5.75 Å². The monoisotopic (exact) mass is 516 g/mol. The van der Waals surface area contributed by atoms with Crippen LogP contribution in [-0.4, -0.2) is 50.9 Å². The van der Waals surface area contributed by atoms with Crippen molar-refractivity contribution in [3.63, 3.8) is 0 Å². The van der Waals surface area contributed by atoms with Crippen LogP contribution in [0.5, 0.6) is 0 Å². The van der Waals surface area contributed by atoms with Gasteiger partial charge in [-0.2, -0.15) is 0 Å². The normalized spacial score (nSPS) is 19.6. The number of rotatable bonds is 7. The summed E-state index contributed by atoms with van der Waals surface area (Å²) in [5.74, 6) is -3.96. The van der Waals surface area contributed by atoms with Crippen LogP contribution in [0.4, 0.5) is 0 Å². The number of nitrogens with zero attached hydrogens (tertiary/aromatic N) is 1. The number of thioether (sulfide) groups is 1. The number of carboxylic acids is 1. The fourth-order valence-corrected chi connectivity index (χ4v) is 5.91. The van der Waals surface area contributed by atoms with Crippen LogP contribution in [0.3, 0.4) is 0 Å². The van der Waals surface area contributed by atoms with Gasteiger partial charge in [-0.25, -0.2) is 4.79 Å². The minimum atomic E-state index is -1.28. The van der Waals surface area contributed by atoms with Gasteiger partial charge in [-0.1, -0.05) is 66.7 Å². The number of carbonyl (C=O) groups excluding carboxylic acids is 3. The van der Waals surface area contributed by atoms with Gasteiger partial charge in [0.05, 0.1) is 0 Å². The molecule has 0 radical (unpaired) electrons. The molecule has 2 N–H and O–H groups in total. The van der Waals surface area contributed by atoms with Gasteiger partial charge in [0.25, 0.3) is 5.91 Å². The SMILES string of the molecule is CC1=C(C(=O)O)N2C(=O)C(NC(=O)C(C(=O)OCc3ccc4ccccc4c3)c3ccccc3)[C@@H]2SC1. The number of esters is 1. The molecule has 3 aromatic rings. The van der Waals surface area contributed by atoms with Crippen molar-refractivity contribution in [1.82, 2.24) is 10.2 Å². The lowest BCUT2D eigenvalue weighted by Crippen LogP contribution is -2.71. The summed E-state index contributed by atoms with van der Waals surface area (Å²) in [4.78, 5) is 52.2. The Morgan fingerprint density at radius 2 is 1.76 bits per heavy atom. The summed E-state index contributed by atoms with van der Waals surface area (Å²) in [7, 11) is 0. The Kier molecular flexibility index (Phi) is 6.71. The second kappa shape index (κ2) is 10.1. The number of nitrogens with one attached hydrogen (secondary N) is 1. The van der Waals surface area contributed by atoms with E-state index in [1.165, 1.54) is 16.7 Å². The molecule has 2 amide bonds. The predicted octanol–water partition coefficient (Wildman–Crippen LogP) is 3.43. The Morgan fingerprint density at radius 1 is 1.05 bits per heavy atom. The molecule has 3 atom stereocenters. The van der Waals surface area contributed by atoms with Crippen molar-refractivity contribution in [2.24, 2.45) is 0 Å². The van der Waals surface area contributed by atoms with Crippen LogP contribution in [0.15, 0.2) is 84.1 Å². The van der Waals surface area contributed by atoms with E-state index in [1.807, 2.05) is 42.5 Å². The van der Waals surface area contributed by atoms with Crippen molar-refractivity contribution in [2.45, 2.75) is 30.9 Å². The average Bonchev–Trinajstić information content (AvgIpc) is 2.90. The van der Waals surface area contributed by atoms with E-state index in [0.717, 1.165) is 16.3 Å². The van der Waals surface area contributed by atoms with E-state index in [-0.39, 0.29) is 12.3 Å². The molecule has 188 valence electrons. The molecule has 2 unspecified atom stereocenters. The smallest absolute Gasteiger partial charge is 0.352 e. The van der Waals surface area contributed by atoms with E-state index in [4.69, 9.17) is 4.74 Å². The van der Waals surface area contributed by atoms with Gasteiger partial charge in [0, 0.05) is 5.75 Å². The first-order chi connectivity index (χ1) is 17.8. The highest BCUT2D eigenvalue weighted by atomic mass is 32.2. The average molecular weight is 517 g/mol. The molecule has 5 rings (SSSR count). The molecule has 2 heterocycles. The Labute approximate surface area is 217 Å². The van der Waals surface area contributed by atoms with Gasteiger partial charge in [0.15, 0.2) is 5.92 Å². The minimum Gasteiger partial charge on any atom is -0.477 e. The molecule has 37 heavy (non-hydrogen) atoms. The Morgan fingerprint density at radius 3 is 2.49 bits per heavy atom. The molecule has 1 saturated heterocycles. The number of carbonyl (C=O) groups is 4. The number of aliphatic carboxylic acids is 1. The molecule has 3 aromatic carbocycles. The Hall–Kier alpha value is -4.11. The molecule has 2 aliphatic rings. The first kappa shape index (κ1) is 24.6. The first-order valence-corrected chi connectivity index (χ1v) is 12.8. The summed E-state index contributed by atoms with van der Waals surface area (Å²) >= 11 is 1.37. The highest BCUT2D eigenvalue weighted by Gasteiger charge is 2.54. The van der Waals surface area contributed by atoms with Crippen LogP contribution >= 0.6 is 11.8 Å². The molecule has 0 spiro atoms. The summed E-state index contributed by atoms with van der Waals surface area (Å²) in [5, 5.41) is 13.7. The van der Waals surface area contributed by atoms with Crippen LogP contribution < -0.4 is 5.32 Å². The summed E-state index contributed by atoms with van der Waals surface area (Å²) in [6, 6.07) is 21.1. The quantitative estimate of drug-likeness (QED) is 0.281. The molecule has 0 saturated carbocycles. The zero-order valence-corrected chi connectivity index (χ0v) is 20.7. The maximum Gasteiger partial charge on any atom is 0.352 e. The number of hydrogen-bond donors (Lipinski definition) is 2. The lowest BCUT2D eigenvalue weighted by molar-refractivity contribution is -0.154. The molecule has 8 nitrogen and oxygen atoms in total. The van der Waals surface area contributed by atoms with Crippen LogP contribution in [0, 0.1) is 0 Å². The van der Waals surface area contributed by atoms with Crippen molar-refractivity contribution in [1.29, 1.82) is 0 Å². The Bertz CT molecular complexity index is 1440. The van der Waals surface area contributed by atoms with Crippen LogP contribution in [-0.2, 0) is 30.5 Å². The van der Waals surface area contributed by atoms with Crippen LogP contribution in [0.1, 0.15) is 24.0 Å². The molecule has 2 aliphatic heterocycles. The summed E-state index contributed by atoms with van der Waals surface area (Å²) in [5.41, 5.74) is 1.76. The number of hydrogen-bond acceptors (Lipinski definition) is 6. The van der Waals surface area contributed by atoms with E-state index in [0.29, 0.717) is 16.9 Å². The van der Waals surface area contributed by atoms with Crippen molar-refractivity contribution < 1.29 is 29.0 Å². The van der Waals surface area contributed by atoms with E-state index in [2.05, 4.69) is 5.32 Å². The van der Waals surface area contributed by atoms with Gasteiger partial charge >= 0.3 is 11.9 Å². The van der Waals surface area contributed by atoms with E-state index >= 15 is 0 Å². The number of benzene rings is 3. The van der Waals surface area contributed by atoms with Crippen molar-refractivity contribution in [3.05, 3.63) is 95.2 Å². The minimum absolute atomic E-state index is 0.0130. The number of β-lactam (4-membered cyclic amide) rings is 1. The highest BCUT2D eigenvalue weighted by molar-refractivity contribution is 8.00. The van der Waals surface area contributed by atoms with E-state index in [9.17, 15) is 24.3 Å². The second-order valence-corrected chi connectivity index (χ2v) is 10.1. The molecule has 0 aromatic heterocycles.